The molecule has 0 radical (unpaired) electrons. The maximum Gasteiger partial charge on any atom is 0.143 e. The molecule has 0 spiro atoms. The Kier molecular flexibility index (Phi) is 4.77. The quantitative estimate of drug-likeness (QED) is 0.872. The average molecular weight is 303 g/mol. The highest BCUT2D eigenvalue weighted by Gasteiger charge is 2.31. The standard InChI is InChI=1S/C18H29N3O/c1-14-13-21(15-6-7-16(19)18(12-15)22-2)11-8-17(14)20-9-4-3-5-10-20/h6-7,12,14,17H,3-5,8-11,13,19H2,1-2H3. The van der Waals surface area contributed by atoms with Gasteiger partial charge in [0.1, 0.15) is 5.75 Å². The molecule has 1 aromatic carbocycles. The van der Waals surface area contributed by atoms with E-state index in [9.17, 15) is 0 Å². The van der Waals surface area contributed by atoms with Crippen LogP contribution >= 0.6 is 0 Å². The third-order valence-electron chi connectivity index (χ3n) is 5.30. The lowest BCUT2D eigenvalue weighted by Gasteiger charge is -2.44. The molecule has 1 aromatic rings. The fraction of sp³-hybridized carbons (Fsp3) is 0.667. The summed E-state index contributed by atoms with van der Waals surface area (Å²) < 4.78 is 5.36. The van der Waals surface area contributed by atoms with Crippen molar-refractivity contribution >= 4 is 11.4 Å². The van der Waals surface area contributed by atoms with Gasteiger partial charge in [0.15, 0.2) is 0 Å². The molecule has 0 amide bonds. The van der Waals surface area contributed by atoms with Crippen LogP contribution in [0.2, 0.25) is 0 Å². The van der Waals surface area contributed by atoms with Crippen molar-refractivity contribution in [1.29, 1.82) is 0 Å². The molecule has 0 bridgehead atoms. The molecule has 4 heteroatoms. The van der Waals surface area contributed by atoms with E-state index in [0.29, 0.717) is 11.6 Å². The largest absolute Gasteiger partial charge is 0.495 e. The van der Waals surface area contributed by atoms with Crippen LogP contribution < -0.4 is 15.4 Å². The number of hydrogen-bond donors (Lipinski definition) is 1. The predicted octanol–water partition coefficient (Wildman–Crippen LogP) is 2.98. The highest BCUT2D eigenvalue weighted by atomic mass is 16.5. The van der Waals surface area contributed by atoms with Crippen LogP contribution in [0.25, 0.3) is 0 Å². The van der Waals surface area contributed by atoms with Gasteiger partial charge in [-0.05, 0) is 50.4 Å². The molecular weight excluding hydrogens is 274 g/mol. The van der Waals surface area contributed by atoms with Gasteiger partial charge >= 0.3 is 0 Å². The third-order valence-corrected chi connectivity index (χ3v) is 5.30. The molecular formula is C18H29N3O. The Morgan fingerprint density at radius 2 is 1.91 bits per heavy atom. The van der Waals surface area contributed by atoms with Crippen molar-refractivity contribution in [3.63, 3.8) is 0 Å². The summed E-state index contributed by atoms with van der Waals surface area (Å²) in [5.41, 5.74) is 7.87. The molecule has 2 unspecified atom stereocenters. The normalized spacial score (nSPS) is 26.9. The van der Waals surface area contributed by atoms with Crippen molar-refractivity contribution in [2.45, 2.75) is 38.6 Å². The second-order valence-corrected chi connectivity index (χ2v) is 6.80. The highest BCUT2D eigenvalue weighted by molar-refractivity contribution is 5.62. The van der Waals surface area contributed by atoms with E-state index in [2.05, 4.69) is 28.9 Å². The van der Waals surface area contributed by atoms with Crippen molar-refractivity contribution in [2.24, 2.45) is 5.92 Å². The molecule has 0 aromatic heterocycles. The lowest BCUT2D eigenvalue weighted by molar-refractivity contribution is 0.106. The summed E-state index contributed by atoms with van der Waals surface area (Å²) in [5, 5.41) is 0. The number of nitrogens with zero attached hydrogens (tertiary/aromatic N) is 2. The third kappa shape index (κ3) is 3.17. The second kappa shape index (κ2) is 6.78. The van der Waals surface area contributed by atoms with Crippen LogP contribution in [0.5, 0.6) is 5.75 Å². The van der Waals surface area contributed by atoms with Gasteiger partial charge in [-0.2, -0.15) is 0 Å². The summed E-state index contributed by atoms with van der Waals surface area (Å²) in [5.74, 6) is 1.48. The molecule has 2 heterocycles. The Hall–Kier alpha value is -1.42. The number of ether oxygens (including phenoxy) is 1. The van der Waals surface area contributed by atoms with Crippen molar-refractivity contribution in [3.05, 3.63) is 18.2 Å². The zero-order valence-electron chi connectivity index (χ0n) is 13.9. The zero-order chi connectivity index (χ0) is 15.5. The minimum atomic E-state index is 0.704. The molecule has 2 saturated heterocycles. The number of nitrogen functional groups attached to an aromatic ring is 1. The number of methoxy groups -OCH3 is 1. The van der Waals surface area contributed by atoms with E-state index < -0.39 is 0 Å². The van der Waals surface area contributed by atoms with E-state index in [0.717, 1.165) is 24.9 Å². The minimum absolute atomic E-state index is 0.704. The first kappa shape index (κ1) is 15.5. The van der Waals surface area contributed by atoms with Crippen molar-refractivity contribution in [2.75, 3.05) is 43.9 Å². The first-order valence-corrected chi connectivity index (χ1v) is 8.61. The van der Waals surface area contributed by atoms with Crippen molar-refractivity contribution < 1.29 is 4.74 Å². The van der Waals surface area contributed by atoms with Crippen LogP contribution in [0.1, 0.15) is 32.6 Å². The van der Waals surface area contributed by atoms with Crippen molar-refractivity contribution in [1.82, 2.24) is 4.90 Å². The number of benzene rings is 1. The monoisotopic (exact) mass is 303 g/mol. The lowest BCUT2D eigenvalue weighted by atomic mass is 9.90. The average Bonchev–Trinajstić information content (AvgIpc) is 2.56. The molecule has 122 valence electrons. The Balaban J connectivity index is 1.66. The summed E-state index contributed by atoms with van der Waals surface area (Å²) in [6.45, 7) is 7.24. The Bertz CT molecular complexity index is 499. The van der Waals surface area contributed by atoms with E-state index in [1.165, 1.54) is 44.5 Å². The van der Waals surface area contributed by atoms with Gasteiger partial charge in [0.05, 0.1) is 12.8 Å². The number of anilines is 2. The fourth-order valence-corrected chi connectivity index (χ4v) is 4.06. The molecule has 3 rings (SSSR count). The van der Waals surface area contributed by atoms with Crippen LogP contribution in [0.15, 0.2) is 18.2 Å². The fourth-order valence-electron chi connectivity index (χ4n) is 4.06. The van der Waals surface area contributed by atoms with E-state index >= 15 is 0 Å². The minimum Gasteiger partial charge on any atom is -0.495 e. The van der Waals surface area contributed by atoms with E-state index in [1.54, 1.807) is 7.11 Å². The maximum atomic E-state index is 5.93. The summed E-state index contributed by atoms with van der Waals surface area (Å²) >= 11 is 0. The second-order valence-electron chi connectivity index (χ2n) is 6.80. The molecule has 2 atom stereocenters. The number of hydrogen-bond acceptors (Lipinski definition) is 4. The summed E-state index contributed by atoms with van der Waals surface area (Å²) in [7, 11) is 1.68. The van der Waals surface area contributed by atoms with Gasteiger partial charge < -0.3 is 15.4 Å². The number of piperidine rings is 2. The molecule has 2 N–H and O–H groups in total. The van der Waals surface area contributed by atoms with E-state index in [1.807, 2.05) is 6.07 Å². The Morgan fingerprint density at radius 3 is 2.59 bits per heavy atom. The van der Waals surface area contributed by atoms with Gasteiger partial charge in [0.2, 0.25) is 0 Å². The van der Waals surface area contributed by atoms with Gasteiger partial charge in [-0.3, -0.25) is 4.90 Å². The van der Waals surface area contributed by atoms with Gasteiger partial charge in [-0.25, -0.2) is 0 Å². The van der Waals surface area contributed by atoms with Crippen LogP contribution in [0.3, 0.4) is 0 Å². The molecule has 2 fully saturated rings. The van der Waals surface area contributed by atoms with Gasteiger partial charge in [0.25, 0.3) is 0 Å². The van der Waals surface area contributed by atoms with Crippen LogP contribution in [0, 0.1) is 5.92 Å². The predicted molar refractivity (Wildman–Crippen MR) is 92.6 cm³/mol. The van der Waals surface area contributed by atoms with Gasteiger partial charge in [0, 0.05) is 30.9 Å². The van der Waals surface area contributed by atoms with Crippen LogP contribution in [-0.4, -0.2) is 44.2 Å². The molecule has 0 saturated carbocycles. The van der Waals surface area contributed by atoms with E-state index in [4.69, 9.17) is 10.5 Å². The van der Waals surface area contributed by atoms with Gasteiger partial charge in [-0.1, -0.05) is 13.3 Å². The summed E-state index contributed by atoms with van der Waals surface area (Å²) in [4.78, 5) is 5.21. The Morgan fingerprint density at radius 1 is 1.14 bits per heavy atom. The number of likely N-dealkylation sites (tertiary alicyclic amines) is 1. The maximum absolute atomic E-state index is 5.93. The molecule has 4 nitrogen and oxygen atoms in total. The zero-order valence-corrected chi connectivity index (χ0v) is 13.9. The number of nitrogens with two attached hydrogens (primary N) is 1. The lowest BCUT2D eigenvalue weighted by Crippen LogP contribution is -2.51. The first-order chi connectivity index (χ1) is 10.7. The summed E-state index contributed by atoms with van der Waals surface area (Å²) in [6, 6.07) is 6.90. The Labute approximate surface area is 134 Å². The number of rotatable bonds is 3. The molecule has 0 aliphatic carbocycles. The molecule has 2 aliphatic rings. The smallest absolute Gasteiger partial charge is 0.143 e. The molecule has 22 heavy (non-hydrogen) atoms. The summed E-state index contributed by atoms with van der Waals surface area (Å²) in [6.07, 6.45) is 5.42. The van der Waals surface area contributed by atoms with Crippen LogP contribution in [-0.2, 0) is 0 Å². The molecule has 2 aliphatic heterocycles. The van der Waals surface area contributed by atoms with E-state index in [-0.39, 0.29) is 0 Å². The first-order valence-electron chi connectivity index (χ1n) is 8.61. The SMILES string of the molecule is COc1cc(N2CCC(N3CCCCC3)C(C)C2)ccc1N. The highest BCUT2D eigenvalue weighted by Crippen LogP contribution is 2.32. The topological polar surface area (TPSA) is 41.7 Å². The van der Waals surface area contributed by atoms with Gasteiger partial charge in [-0.15, -0.1) is 0 Å². The van der Waals surface area contributed by atoms with Crippen LogP contribution in [0.4, 0.5) is 11.4 Å². The van der Waals surface area contributed by atoms with Crippen molar-refractivity contribution in [3.8, 4) is 5.75 Å².